The van der Waals surface area contributed by atoms with E-state index in [1.807, 2.05) is 13.8 Å². The van der Waals surface area contributed by atoms with Crippen molar-refractivity contribution >= 4 is 0 Å². The van der Waals surface area contributed by atoms with E-state index < -0.39 is 6.29 Å². The highest BCUT2D eigenvalue weighted by Crippen LogP contribution is 2.30. The first-order valence-corrected chi connectivity index (χ1v) is 4.94. The Labute approximate surface area is 89.1 Å². The second-order valence-electron chi connectivity index (χ2n) is 2.99. The Morgan fingerprint density at radius 3 is 2.20 bits per heavy atom. The van der Waals surface area contributed by atoms with Crippen molar-refractivity contribution in [3.05, 3.63) is 23.8 Å². The maximum absolute atomic E-state index is 9.60. The molecule has 0 saturated heterocycles. The Morgan fingerprint density at radius 2 is 1.73 bits per heavy atom. The van der Waals surface area contributed by atoms with Gasteiger partial charge in [0.25, 0.3) is 0 Å². The number of hydrogen-bond donors (Lipinski definition) is 2. The van der Waals surface area contributed by atoms with Crippen molar-refractivity contribution in [3.8, 4) is 11.5 Å². The van der Waals surface area contributed by atoms with Crippen LogP contribution in [0.5, 0.6) is 11.5 Å². The van der Waals surface area contributed by atoms with Crippen LogP contribution in [0.3, 0.4) is 0 Å². The van der Waals surface area contributed by atoms with Gasteiger partial charge >= 0.3 is 0 Å². The van der Waals surface area contributed by atoms with Gasteiger partial charge in [-0.1, -0.05) is 0 Å². The van der Waals surface area contributed by atoms with Crippen LogP contribution in [-0.4, -0.2) is 23.4 Å². The average Bonchev–Trinajstić information content (AvgIpc) is 2.17. The van der Waals surface area contributed by atoms with Gasteiger partial charge in [0.2, 0.25) is 0 Å². The van der Waals surface area contributed by atoms with Crippen LogP contribution in [-0.2, 0) is 9.47 Å². The fourth-order valence-corrected chi connectivity index (χ4v) is 1.26. The van der Waals surface area contributed by atoms with Crippen molar-refractivity contribution < 1.29 is 19.7 Å². The van der Waals surface area contributed by atoms with Gasteiger partial charge in [-0.2, -0.15) is 0 Å². The highest BCUT2D eigenvalue weighted by Gasteiger charge is 2.15. The van der Waals surface area contributed by atoms with E-state index in [-0.39, 0.29) is 11.5 Å². The predicted molar refractivity (Wildman–Crippen MR) is 55.8 cm³/mol. The van der Waals surface area contributed by atoms with E-state index in [2.05, 4.69) is 0 Å². The van der Waals surface area contributed by atoms with E-state index in [0.29, 0.717) is 18.8 Å². The normalized spacial score (nSPS) is 10.9. The van der Waals surface area contributed by atoms with Crippen LogP contribution in [0.15, 0.2) is 18.2 Å². The summed E-state index contributed by atoms with van der Waals surface area (Å²) >= 11 is 0. The lowest BCUT2D eigenvalue weighted by Gasteiger charge is -2.18. The van der Waals surface area contributed by atoms with Crippen LogP contribution in [0.1, 0.15) is 25.7 Å². The largest absolute Gasteiger partial charge is 0.508 e. The Morgan fingerprint density at radius 1 is 1.13 bits per heavy atom. The summed E-state index contributed by atoms with van der Waals surface area (Å²) in [7, 11) is 0. The first kappa shape index (κ1) is 11.8. The summed E-state index contributed by atoms with van der Waals surface area (Å²) < 4.78 is 10.7. The van der Waals surface area contributed by atoms with Crippen LogP contribution in [0.2, 0.25) is 0 Å². The molecule has 0 spiro atoms. The lowest BCUT2D eigenvalue weighted by Crippen LogP contribution is -2.08. The van der Waals surface area contributed by atoms with Crippen LogP contribution < -0.4 is 0 Å². The number of aromatic hydroxyl groups is 2. The molecule has 0 aromatic heterocycles. The van der Waals surface area contributed by atoms with Crippen LogP contribution >= 0.6 is 0 Å². The van der Waals surface area contributed by atoms with Crippen LogP contribution in [0.4, 0.5) is 0 Å². The number of phenolic OH excluding ortho intramolecular Hbond substituents is 2. The lowest BCUT2D eigenvalue weighted by molar-refractivity contribution is -0.141. The molecule has 0 amide bonds. The summed E-state index contributed by atoms with van der Waals surface area (Å²) in [5.74, 6) is -0.00935. The van der Waals surface area contributed by atoms with Crippen molar-refractivity contribution in [3.63, 3.8) is 0 Å². The van der Waals surface area contributed by atoms with E-state index in [1.165, 1.54) is 12.1 Å². The predicted octanol–water partition coefficient (Wildman–Crippen LogP) is 2.17. The highest BCUT2D eigenvalue weighted by molar-refractivity contribution is 5.39. The molecule has 0 aliphatic rings. The maximum atomic E-state index is 9.60. The summed E-state index contributed by atoms with van der Waals surface area (Å²) in [6, 6.07) is 4.33. The zero-order valence-electron chi connectivity index (χ0n) is 8.93. The Kier molecular flexibility index (Phi) is 4.39. The topological polar surface area (TPSA) is 58.9 Å². The molecule has 1 aromatic carbocycles. The molecule has 84 valence electrons. The molecular weight excluding hydrogens is 196 g/mol. The van der Waals surface area contributed by atoms with E-state index in [1.54, 1.807) is 6.07 Å². The molecule has 0 aliphatic carbocycles. The number of rotatable bonds is 5. The zero-order chi connectivity index (χ0) is 11.3. The SMILES string of the molecule is CCOC(OCC)c1ccc(O)cc1O. The first-order valence-electron chi connectivity index (χ1n) is 4.94. The molecule has 0 bridgehead atoms. The van der Waals surface area contributed by atoms with Crippen molar-refractivity contribution in [2.24, 2.45) is 0 Å². The summed E-state index contributed by atoms with van der Waals surface area (Å²) in [6.45, 7) is 4.68. The van der Waals surface area contributed by atoms with Gasteiger partial charge in [-0.15, -0.1) is 0 Å². The van der Waals surface area contributed by atoms with Gasteiger partial charge in [0.05, 0.1) is 0 Å². The first-order chi connectivity index (χ1) is 7.19. The summed E-state index contributed by atoms with van der Waals surface area (Å²) in [5.41, 5.74) is 0.525. The van der Waals surface area contributed by atoms with Crippen LogP contribution in [0, 0.1) is 0 Å². The molecule has 15 heavy (non-hydrogen) atoms. The fourth-order valence-electron chi connectivity index (χ4n) is 1.26. The Bertz CT molecular complexity index is 305. The van der Waals surface area contributed by atoms with Crippen molar-refractivity contribution in [2.45, 2.75) is 20.1 Å². The van der Waals surface area contributed by atoms with E-state index in [4.69, 9.17) is 14.6 Å². The maximum Gasteiger partial charge on any atom is 0.187 e. The molecule has 4 nitrogen and oxygen atoms in total. The average molecular weight is 212 g/mol. The Balaban J connectivity index is 2.89. The third kappa shape index (κ3) is 3.11. The molecule has 4 heteroatoms. The standard InChI is InChI=1S/C11H16O4/c1-3-14-11(15-4-2)9-6-5-8(12)7-10(9)13/h5-7,11-13H,3-4H2,1-2H3. The van der Waals surface area contributed by atoms with Gasteiger partial charge in [-0.25, -0.2) is 0 Å². The fraction of sp³-hybridized carbons (Fsp3) is 0.455. The summed E-state index contributed by atoms with van der Waals surface area (Å²) in [4.78, 5) is 0. The van der Waals surface area contributed by atoms with Crippen molar-refractivity contribution in [1.29, 1.82) is 0 Å². The molecule has 0 heterocycles. The minimum absolute atomic E-state index is 0.0167. The van der Waals surface area contributed by atoms with E-state index in [9.17, 15) is 5.11 Å². The second-order valence-corrected chi connectivity index (χ2v) is 2.99. The molecular formula is C11H16O4. The number of phenols is 2. The minimum atomic E-state index is -0.583. The van der Waals surface area contributed by atoms with Gasteiger partial charge in [0, 0.05) is 24.8 Å². The lowest BCUT2D eigenvalue weighted by atomic mass is 10.2. The minimum Gasteiger partial charge on any atom is -0.508 e. The third-order valence-corrected chi connectivity index (χ3v) is 1.90. The van der Waals surface area contributed by atoms with Gasteiger partial charge in [0.15, 0.2) is 6.29 Å². The number of hydrogen-bond acceptors (Lipinski definition) is 4. The molecule has 0 radical (unpaired) electrons. The molecule has 0 fully saturated rings. The molecule has 2 N–H and O–H groups in total. The number of benzene rings is 1. The third-order valence-electron chi connectivity index (χ3n) is 1.90. The van der Waals surface area contributed by atoms with E-state index >= 15 is 0 Å². The van der Waals surface area contributed by atoms with Crippen LogP contribution in [0.25, 0.3) is 0 Å². The van der Waals surface area contributed by atoms with Gasteiger partial charge < -0.3 is 19.7 Å². The van der Waals surface area contributed by atoms with Crippen molar-refractivity contribution in [2.75, 3.05) is 13.2 Å². The Hall–Kier alpha value is -1.26. The van der Waals surface area contributed by atoms with Gasteiger partial charge in [0.1, 0.15) is 11.5 Å². The summed E-state index contributed by atoms with van der Waals surface area (Å²) in [6.07, 6.45) is -0.583. The molecule has 1 aromatic rings. The van der Waals surface area contributed by atoms with Crippen molar-refractivity contribution in [1.82, 2.24) is 0 Å². The van der Waals surface area contributed by atoms with Gasteiger partial charge in [-0.05, 0) is 26.0 Å². The molecule has 1 rings (SSSR count). The van der Waals surface area contributed by atoms with E-state index in [0.717, 1.165) is 0 Å². The quantitative estimate of drug-likeness (QED) is 0.734. The zero-order valence-corrected chi connectivity index (χ0v) is 8.93. The second kappa shape index (κ2) is 5.58. The molecule has 0 aliphatic heterocycles. The molecule has 0 saturated carbocycles. The summed E-state index contributed by atoms with van der Waals surface area (Å²) in [5, 5.41) is 18.7. The molecule has 0 atom stereocenters. The van der Waals surface area contributed by atoms with Gasteiger partial charge in [-0.3, -0.25) is 0 Å². The highest BCUT2D eigenvalue weighted by atomic mass is 16.7. The molecule has 0 unspecified atom stereocenters. The number of ether oxygens (including phenoxy) is 2. The smallest absolute Gasteiger partial charge is 0.187 e. The monoisotopic (exact) mass is 212 g/mol.